The van der Waals surface area contributed by atoms with Crippen LogP contribution in [0.3, 0.4) is 0 Å². The molecule has 0 aliphatic heterocycles. The van der Waals surface area contributed by atoms with Gasteiger partial charge in [0.15, 0.2) is 0 Å². The lowest BCUT2D eigenvalue weighted by Gasteiger charge is -2.09. The van der Waals surface area contributed by atoms with E-state index in [4.69, 9.17) is 5.73 Å². The van der Waals surface area contributed by atoms with E-state index in [9.17, 15) is 4.79 Å². The largest absolute Gasteiger partial charge is 0.356 e. The van der Waals surface area contributed by atoms with E-state index in [1.807, 2.05) is 0 Å². The first-order valence-electron chi connectivity index (χ1n) is 11.4. The first kappa shape index (κ1) is 25.2. The van der Waals surface area contributed by atoms with Gasteiger partial charge in [0.25, 0.3) is 0 Å². The Morgan fingerprint density at radius 2 is 1.38 bits per heavy atom. The van der Waals surface area contributed by atoms with Crippen molar-refractivity contribution in [3.63, 3.8) is 0 Å². The number of nitrogens with two attached hydrogens (primary N) is 1. The van der Waals surface area contributed by atoms with Gasteiger partial charge in [-0.1, -0.05) is 77.4 Å². The van der Waals surface area contributed by atoms with E-state index in [1.165, 1.54) is 77.0 Å². The highest BCUT2D eigenvalue weighted by Gasteiger charge is 2.02. The highest BCUT2D eigenvalue weighted by Crippen LogP contribution is 2.10. The summed E-state index contributed by atoms with van der Waals surface area (Å²) in [6, 6.07) is 0.218. The Kier molecular flexibility index (Phi) is 19.8. The van der Waals surface area contributed by atoms with Gasteiger partial charge in [0.05, 0.1) is 0 Å². The van der Waals surface area contributed by atoms with Crippen LogP contribution in [0.1, 0.15) is 117 Å². The summed E-state index contributed by atoms with van der Waals surface area (Å²) in [6.07, 6.45) is 24.0. The average molecular weight is 367 g/mol. The van der Waals surface area contributed by atoms with E-state index >= 15 is 0 Å². The molecule has 0 aromatic rings. The summed E-state index contributed by atoms with van der Waals surface area (Å²) in [5.74, 6) is 0.186. The molecule has 0 aromatic carbocycles. The molecule has 0 aliphatic rings. The van der Waals surface area contributed by atoms with Crippen molar-refractivity contribution in [1.29, 1.82) is 0 Å². The lowest BCUT2D eigenvalue weighted by molar-refractivity contribution is -0.121. The molecule has 1 unspecified atom stereocenters. The molecule has 0 fully saturated rings. The number of hydrogen-bond donors (Lipinski definition) is 2. The van der Waals surface area contributed by atoms with Crippen LogP contribution in [0.4, 0.5) is 0 Å². The number of amides is 1. The number of hydrogen-bond acceptors (Lipinski definition) is 2. The van der Waals surface area contributed by atoms with E-state index in [2.05, 4.69) is 31.3 Å². The number of carbonyl (C=O) groups is 1. The summed E-state index contributed by atoms with van der Waals surface area (Å²) in [7, 11) is 0. The van der Waals surface area contributed by atoms with Crippen LogP contribution in [0.15, 0.2) is 12.2 Å². The summed E-state index contributed by atoms with van der Waals surface area (Å²) >= 11 is 0. The highest BCUT2D eigenvalue weighted by molar-refractivity contribution is 5.75. The van der Waals surface area contributed by atoms with Crippen molar-refractivity contribution in [3.05, 3.63) is 12.2 Å². The predicted octanol–water partition coefficient (Wildman–Crippen LogP) is 6.27. The van der Waals surface area contributed by atoms with E-state index in [-0.39, 0.29) is 11.9 Å². The first-order valence-corrected chi connectivity index (χ1v) is 11.4. The number of allylic oxidation sites excluding steroid dienone is 2. The van der Waals surface area contributed by atoms with Crippen LogP contribution < -0.4 is 11.1 Å². The SMILES string of the molecule is CCCCCCCC/C=C\CCCCCCCC(=O)NCCC(N)CC. The lowest BCUT2D eigenvalue weighted by atomic mass is 10.1. The minimum absolute atomic E-state index is 0.186. The molecule has 0 aliphatic carbocycles. The Bertz CT molecular complexity index is 328. The number of unbranched alkanes of at least 4 members (excludes halogenated alkanes) is 11. The molecule has 0 saturated carbocycles. The zero-order chi connectivity index (χ0) is 19.3. The van der Waals surface area contributed by atoms with Crippen LogP contribution in [0.5, 0.6) is 0 Å². The number of carbonyl (C=O) groups excluding carboxylic acids is 1. The molecule has 0 bridgehead atoms. The van der Waals surface area contributed by atoms with Gasteiger partial charge in [-0.05, 0) is 44.9 Å². The molecule has 0 spiro atoms. The van der Waals surface area contributed by atoms with E-state index in [0.717, 1.165) is 25.8 Å². The second-order valence-corrected chi connectivity index (χ2v) is 7.64. The number of rotatable bonds is 19. The first-order chi connectivity index (χ1) is 12.7. The summed E-state index contributed by atoms with van der Waals surface area (Å²) in [5, 5.41) is 2.97. The van der Waals surface area contributed by atoms with Gasteiger partial charge in [-0.25, -0.2) is 0 Å². The standard InChI is InChI=1S/C23H46N2O/c1-3-5-6-7-8-9-10-11-12-13-14-15-16-17-18-19-23(26)25-21-20-22(24)4-2/h11-12,22H,3-10,13-21,24H2,1-2H3,(H,25,26)/b12-11-. The molecule has 0 heterocycles. The second kappa shape index (κ2) is 20.5. The van der Waals surface area contributed by atoms with Gasteiger partial charge in [0.2, 0.25) is 5.91 Å². The van der Waals surface area contributed by atoms with Gasteiger partial charge in [0, 0.05) is 19.0 Å². The molecule has 0 aromatic heterocycles. The second-order valence-electron chi connectivity index (χ2n) is 7.64. The van der Waals surface area contributed by atoms with Crippen LogP contribution in [0.25, 0.3) is 0 Å². The molecule has 3 N–H and O–H groups in total. The molecule has 1 amide bonds. The topological polar surface area (TPSA) is 55.1 Å². The third kappa shape index (κ3) is 19.5. The monoisotopic (exact) mass is 366 g/mol. The minimum atomic E-state index is 0.186. The maximum absolute atomic E-state index is 11.7. The van der Waals surface area contributed by atoms with Gasteiger partial charge in [0.1, 0.15) is 0 Å². The molecular formula is C23H46N2O. The zero-order valence-electron chi connectivity index (χ0n) is 17.7. The molecule has 3 nitrogen and oxygen atoms in total. The van der Waals surface area contributed by atoms with Crippen molar-refractivity contribution in [2.75, 3.05) is 6.54 Å². The lowest BCUT2D eigenvalue weighted by Crippen LogP contribution is -2.29. The Morgan fingerprint density at radius 1 is 0.846 bits per heavy atom. The summed E-state index contributed by atoms with van der Waals surface area (Å²) in [6.45, 7) is 5.07. The molecule has 26 heavy (non-hydrogen) atoms. The van der Waals surface area contributed by atoms with Crippen LogP contribution >= 0.6 is 0 Å². The Balaban J connectivity index is 3.23. The van der Waals surface area contributed by atoms with Crippen LogP contribution in [-0.4, -0.2) is 18.5 Å². The predicted molar refractivity (Wildman–Crippen MR) is 115 cm³/mol. The van der Waals surface area contributed by atoms with E-state index in [0.29, 0.717) is 6.42 Å². The van der Waals surface area contributed by atoms with Crippen LogP contribution in [-0.2, 0) is 4.79 Å². The van der Waals surface area contributed by atoms with Crippen molar-refractivity contribution in [2.24, 2.45) is 5.73 Å². The van der Waals surface area contributed by atoms with Crippen LogP contribution in [0.2, 0.25) is 0 Å². The van der Waals surface area contributed by atoms with Gasteiger partial charge < -0.3 is 11.1 Å². The van der Waals surface area contributed by atoms with Gasteiger partial charge in [-0.3, -0.25) is 4.79 Å². The quantitative estimate of drug-likeness (QED) is 0.209. The third-order valence-corrected chi connectivity index (χ3v) is 5.03. The molecule has 3 heteroatoms. The maximum Gasteiger partial charge on any atom is 0.219 e. The Hall–Kier alpha value is -0.830. The summed E-state index contributed by atoms with van der Waals surface area (Å²) in [4.78, 5) is 11.7. The Morgan fingerprint density at radius 3 is 1.96 bits per heavy atom. The van der Waals surface area contributed by atoms with Crippen molar-refractivity contribution in [1.82, 2.24) is 5.32 Å². The maximum atomic E-state index is 11.7. The fourth-order valence-corrected chi connectivity index (χ4v) is 3.05. The molecular weight excluding hydrogens is 320 g/mol. The summed E-state index contributed by atoms with van der Waals surface area (Å²) in [5.41, 5.74) is 5.84. The van der Waals surface area contributed by atoms with Crippen LogP contribution in [0, 0.1) is 0 Å². The highest BCUT2D eigenvalue weighted by atomic mass is 16.1. The van der Waals surface area contributed by atoms with Gasteiger partial charge in [-0.15, -0.1) is 0 Å². The number of nitrogens with one attached hydrogen (secondary N) is 1. The van der Waals surface area contributed by atoms with Crippen molar-refractivity contribution >= 4 is 5.91 Å². The molecule has 0 rings (SSSR count). The normalized spacial score (nSPS) is 12.6. The third-order valence-electron chi connectivity index (χ3n) is 5.03. The van der Waals surface area contributed by atoms with Crippen molar-refractivity contribution in [3.8, 4) is 0 Å². The molecule has 0 saturated heterocycles. The van der Waals surface area contributed by atoms with Gasteiger partial charge >= 0.3 is 0 Å². The van der Waals surface area contributed by atoms with Crippen molar-refractivity contribution in [2.45, 2.75) is 123 Å². The molecule has 1 atom stereocenters. The molecule has 0 radical (unpaired) electrons. The van der Waals surface area contributed by atoms with Gasteiger partial charge in [-0.2, -0.15) is 0 Å². The smallest absolute Gasteiger partial charge is 0.219 e. The van der Waals surface area contributed by atoms with E-state index < -0.39 is 0 Å². The average Bonchev–Trinajstić information content (AvgIpc) is 2.64. The Labute approximate surface area is 163 Å². The minimum Gasteiger partial charge on any atom is -0.356 e. The summed E-state index contributed by atoms with van der Waals surface area (Å²) < 4.78 is 0. The van der Waals surface area contributed by atoms with Crippen molar-refractivity contribution < 1.29 is 4.79 Å². The van der Waals surface area contributed by atoms with E-state index in [1.54, 1.807) is 0 Å². The molecule has 154 valence electrons. The fourth-order valence-electron chi connectivity index (χ4n) is 3.05. The zero-order valence-corrected chi connectivity index (χ0v) is 17.7. The fraction of sp³-hybridized carbons (Fsp3) is 0.870.